The van der Waals surface area contributed by atoms with Crippen LogP contribution in [0.1, 0.15) is 16.7 Å². The van der Waals surface area contributed by atoms with Gasteiger partial charge < -0.3 is 14.2 Å². The summed E-state index contributed by atoms with van der Waals surface area (Å²) in [5.41, 5.74) is 3.84. The van der Waals surface area contributed by atoms with Crippen molar-refractivity contribution < 1.29 is 9.32 Å². The molecular formula is C20H23N4O2+. The van der Waals surface area contributed by atoms with E-state index in [2.05, 4.69) is 27.9 Å². The molecule has 3 heterocycles. The quantitative estimate of drug-likeness (QED) is 0.716. The van der Waals surface area contributed by atoms with Crippen LogP contribution in [0.5, 0.6) is 0 Å². The predicted octanol–water partition coefficient (Wildman–Crippen LogP) is 1.10. The number of rotatable bonds is 3. The third-order valence-corrected chi connectivity index (χ3v) is 5.19. The average Bonchev–Trinajstić information content (AvgIpc) is 2.65. The normalized spacial score (nSPS) is 15.5. The maximum atomic E-state index is 12.0. The minimum atomic E-state index is -0.272. The summed E-state index contributed by atoms with van der Waals surface area (Å²) in [7, 11) is 0. The molecule has 0 saturated carbocycles. The van der Waals surface area contributed by atoms with E-state index in [0.717, 1.165) is 55.2 Å². The zero-order valence-electron chi connectivity index (χ0n) is 15.2. The molecule has 0 aliphatic carbocycles. The lowest BCUT2D eigenvalue weighted by molar-refractivity contribution is -0.914. The zero-order chi connectivity index (χ0) is 18.1. The molecule has 0 atom stereocenters. The first-order valence-electron chi connectivity index (χ1n) is 8.99. The third-order valence-electron chi connectivity index (χ3n) is 5.19. The Hall–Kier alpha value is -2.73. The van der Waals surface area contributed by atoms with Crippen molar-refractivity contribution in [1.82, 2.24) is 9.97 Å². The van der Waals surface area contributed by atoms with Crippen molar-refractivity contribution >= 4 is 16.9 Å². The van der Waals surface area contributed by atoms with Crippen LogP contribution in [0.15, 0.2) is 45.9 Å². The molecule has 0 spiro atoms. The van der Waals surface area contributed by atoms with Crippen molar-refractivity contribution in [1.29, 1.82) is 0 Å². The first-order valence-corrected chi connectivity index (χ1v) is 8.99. The molecule has 134 valence electrons. The van der Waals surface area contributed by atoms with Gasteiger partial charge in [0, 0.05) is 29.4 Å². The fourth-order valence-corrected chi connectivity index (χ4v) is 3.55. The first-order chi connectivity index (χ1) is 12.6. The summed E-state index contributed by atoms with van der Waals surface area (Å²) in [5, 5.41) is 1.05. The molecule has 1 aromatic carbocycles. The van der Waals surface area contributed by atoms with E-state index in [1.807, 2.05) is 19.1 Å². The topological polar surface area (TPSA) is 63.7 Å². The highest BCUT2D eigenvalue weighted by Gasteiger charge is 2.22. The highest BCUT2D eigenvalue weighted by Crippen LogP contribution is 2.21. The monoisotopic (exact) mass is 351 g/mol. The number of benzene rings is 1. The van der Waals surface area contributed by atoms with E-state index in [1.165, 1.54) is 10.5 Å². The predicted molar refractivity (Wildman–Crippen MR) is 101 cm³/mol. The molecule has 6 nitrogen and oxygen atoms in total. The van der Waals surface area contributed by atoms with Gasteiger partial charge in [-0.15, -0.1) is 0 Å². The van der Waals surface area contributed by atoms with Gasteiger partial charge in [0.1, 0.15) is 12.1 Å². The molecule has 0 amide bonds. The number of quaternary nitrogens is 1. The molecular weight excluding hydrogens is 328 g/mol. The number of hydrogen-bond acceptors (Lipinski definition) is 5. The lowest BCUT2D eigenvalue weighted by Crippen LogP contribution is -3.13. The summed E-state index contributed by atoms with van der Waals surface area (Å²) in [6.07, 6.45) is 3.56. The van der Waals surface area contributed by atoms with E-state index in [9.17, 15) is 4.79 Å². The summed E-state index contributed by atoms with van der Waals surface area (Å²) >= 11 is 0. The van der Waals surface area contributed by atoms with Crippen molar-refractivity contribution in [2.75, 3.05) is 31.1 Å². The number of anilines is 1. The molecule has 2 aromatic heterocycles. The van der Waals surface area contributed by atoms with Crippen LogP contribution < -0.4 is 15.4 Å². The second-order valence-corrected chi connectivity index (χ2v) is 6.99. The van der Waals surface area contributed by atoms with Gasteiger partial charge in [0.15, 0.2) is 0 Å². The minimum absolute atomic E-state index is 0.272. The molecule has 1 N–H and O–H groups in total. The molecule has 0 radical (unpaired) electrons. The number of hydrogen-bond donors (Lipinski definition) is 1. The van der Waals surface area contributed by atoms with E-state index in [1.54, 1.807) is 18.5 Å². The largest absolute Gasteiger partial charge is 0.423 e. The SMILES string of the molecule is Cc1cc2oc(=O)cc(C[NH+]3CCN(c4ncccn4)CC3)c2cc1C. The summed E-state index contributed by atoms with van der Waals surface area (Å²) in [4.78, 5) is 24.3. The number of aryl methyl sites for hydroxylation is 2. The van der Waals surface area contributed by atoms with Crippen LogP contribution in [0.3, 0.4) is 0 Å². The van der Waals surface area contributed by atoms with Gasteiger partial charge in [-0.05, 0) is 43.2 Å². The van der Waals surface area contributed by atoms with Crippen molar-refractivity contribution in [3.8, 4) is 0 Å². The van der Waals surface area contributed by atoms with E-state index < -0.39 is 0 Å². The second kappa shape index (κ2) is 6.88. The van der Waals surface area contributed by atoms with Gasteiger partial charge in [-0.2, -0.15) is 0 Å². The van der Waals surface area contributed by atoms with Gasteiger partial charge in [-0.1, -0.05) is 0 Å². The smallest absolute Gasteiger partial charge is 0.336 e. The van der Waals surface area contributed by atoms with E-state index >= 15 is 0 Å². The molecule has 1 saturated heterocycles. The standard InChI is InChI=1S/C20H22N4O2/c1-14-10-17-16(12-19(25)26-18(17)11-15(14)2)13-23-6-8-24(9-7-23)20-21-4-3-5-22-20/h3-5,10-12H,6-9,13H2,1-2H3/p+1. The van der Waals surface area contributed by atoms with Gasteiger partial charge >= 0.3 is 5.63 Å². The third kappa shape index (κ3) is 3.32. The molecule has 4 rings (SSSR count). The summed E-state index contributed by atoms with van der Waals surface area (Å²) in [5.74, 6) is 0.795. The second-order valence-electron chi connectivity index (χ2n) is 6.99. The van der Waals surface area contributed by atoms with Gasteiger partial charge in [0.2, 0.25) is 5.95 Å². The maximum absolute atomic E-state index is 12.0. The van der Waals surface area contributed by atoms with Crippen LogP contribution in [-0.4, -0.2) is 36.1 Å². The molecule has 26 heavy (non-hydrogen) atoms. The Kier molecular flexibility index (Phi) is 4.42. The number of piperazine rings is 1. The summed E-state index contributed by atoms with van der Waals surface area (Å²) < 4.78 is 5.41. The summed E-state index contributed by atoms with van der Waals surface area (Å²) in [6, 6.07) is 7.59. The zero-order valence-corrected chi connectivity index (χ0v) is 15.2. The van der Waals surface area contributed by atoms with E-state index in [4.69, 9.17) is 4.42 Å². The molecule has 0 unspecified atom stereocenters. The Labute approximate surface area is 152 Å². The molecule has 1 fully saturated rings. The van der Waals surface area contributed by atoms with Crippen molar-refractivity contribution in [2.45, 2.75) is 20.4 Å². The van der Waals surface area contributed by atoms with Crippen LogP contribution in [0, 0.1) is 13.8 Å². The molecule has 3 aromatic rings. The minimum Gasteiger partial charge on any atom is -0.423 e. The van der Waals surface area contributed by atoms with Crippen LogP contribution in [0.4, 0.5) is 5.95 Å². The van der Waals surface area contributed by atoms with Crippen LogP contribution in [-0.2, 0) is 6.54 Å². The number of nitrogens with zero attached hydrogens (tertiary/aromatic N) is 3. The molecule has 0 bridgehead atoms. The highest BCUT2D eigenvalue weighted by atomic mass is 16.4. The molecule has 1 aliphatic heterocycles. The van der Waals surface area contributed by atoms with E-state index in [0.29, 0.717) is 5.58 Å². The van der Waals surface area contributed by atoms with Crippen LogP contribution >= 0.6 is 0 Å². The van der Waals surface area contributed by atoms with Crippen LogP contribution in [0.25, 0.3) is 11.0 Å². The Balaban J connectivity index is 1.53. The van der Waals surface area contributed by atoms with Crippen molar-refractivity contribution in [3.05, 3.63) is 63.8 Å². The first kappa shape index (κ1) is 16.7. The highest BCUT2D eigenvalue weighted by molar-refractivity contribution is 5.81. The van der Waals surface area contributed by atoms with Gasteiger partial charge in [-0.3, -0.25) is 0 Å². The Morgan fingerprint density at radius 1 is 1.08 bits per heavy atom. The van der Waals surface area contributed by atoms with Gasteiger partial charge in [0.25, 0.3) is 0 Å². The fourth-order valence-electron chi connectivity index (χ4n) is 3.55. The lowest BCUT2D eigenvalue weighted by Gasteiger charge is -2.32. The van der Waals surface area contributed by atoms with Gasteiger partial charge in [0.05, 0.1) is 26.2 Å². The van der Waals surface area contributed by atoms with Crippen molar-refractivity contribution in [3.63, 3.8) is 0 Å². The Bertz CT molecular complexity index is 976. The van der Waals surface area contributed by atoms with Gasteiger partial charge in [-0.25, -0.2) is 14.8 Å². The average molecular weight is 351 g/mol. The molecule has 1 aliphatic rings. The number of aromatic nitrogens is 2. The number of fused-ring (bicyclic) bond motifs is 1. The Morgan fingerprint density at radius 2 is 1.77 bits per heavy atom. The fraction of sp³-hybridized carbons (Fsp3) is 0.350. The number of nitrogens with one attached hydrogen (secondary N) is 1. The lowest BCUT2D eigenvalue weighted by atomic mass is 10.0. The summed E-state index contributed by atoms with van der Waals surface area (Å²) in [6.45, 7) is 8.77. The van der Waals surface area contributed by atoms with Crippen molar-refractivity contribution in [2.24, 2.45) is 0 Å². The Morgan fingerprint density at radius 3 is 2.50 bits per heavy atom. The molecule has 6 heteroatoms. The van der Waals surface area contributed by atoms with Crippen LogP contribution in [0.2, 0.25) is 0 Å². The van der Waals surface area contributed by atoms with E-state index in [-0.39, 0.29) is 5.63 Å². The maximum Gasteiger partial charge on any atom is 0.336 e.